The Labute approximate surface area is 87.0 Å². The van der Waals surface area contributed by atoms with Crippen LogP contribution in [0.25, 0.3) is 0 Å². The van der Waals surface area contributed by atoms with Crippen molar-refractivity contribution in [1.82, 2.24) is 5.32 Å². The smallest absolute Gasteiger partial charge is 0.354 e. The van der Waals surface area contributed by atoms with E-state index in [2.05, 4.69) is 5.32 Å². The van der Waals surface area contributed by atoms with Crippen LogP contribution < -0.4 is 11.1 Å². The van der Waals surface area contributed by atoms with Gasteiger partial charge in [0.2, 0.25) is 0 Å². The van der Waals surface area contributed by atoms with Gasteiger partial charge in [0.05, 0.1) is 6.61 Å². The van der Waals surface area contributed by atoms with Gasteiger partial charge in [0.1, 0.15) is 11.4 Å². The topological polar surface area (TPSA) is 105 Å². The predicted molar refractivity (Wildman–Crippen MR) is 53.2 cm³/mol. The molecule has 1 saturated heterocycles. The molecule has 0 unspecified atom stereocenters. The Morgan fingerprint density at radius 2 is 2.33 bits per heavy atom. The Kier molecular flexibility index (Phi) is 3.43. The molecule has 1 rings (SSSR count). The maximum absolute atomic E-state index is 11.3. The van der Waals surface area contributed by atoms with E-state index in [0.29, 0.717) is 13.0 Å². The van der Waals surface area contributed by atoms with E-state index in [1.165, 1.54) is 0 Å². The zero-order valence-electron chi connectivity index (χ0n) is 8.42. The molecule has 82 valence electrons. The summed E-state index contributed by atoms with van der Waals surface area (Å²) < 4.78 is 4.69. The number of piperidine rings is 1. The number of ether oxygens (including phenoxy) is 1. The molecule has 0 aromatic heterocycles. The Morgan fingerprint density at radius 3 is 2.93 bits per heavy atom. The van der Waals surface area contributed by atoms with Gasteiger partial charge in [0, 0.05) is 12.1 Å². The zero-order chi connectivity index (χ0) is 11.4. The van der Waals surface area contributed by atoms with Crippen molar-refractivity contribution in [2.24, 2.45) is 5.73 Å². The van der Waals surface area contributed by atoms with Crippen LogP contribution in [-0.4, -0.2) is 30.7 Å². The third kappa shape index (κ3) is 2.34. The highest BCUT2D eigenvalue weighted by molar-refractivity contribution is 6.45. The van der Waals surface area contributed by atoms with Crippen molar-refractivity contribution >= 4 is 17.6 Å². The normalized spacial score (nSPS) is 19.5. The van der Waals surface area contributed by atoms with Gasteiger partial charge in [-0.15, -0.1) is 0 Å². The number of carbonyl (C=O) groups is 2. The summed E-state index contributed by atoms with van der Waals surface area (Å²) in [6, 6.07) is 0. The molecule has 0 aromatic rings. The molecule has 1 aliphatic rings. The Balaban J connectivity index is 2.92. The highest BCUT2D eigenvalue weighted by atomic mass is 16.5. The molecule has 0 atom stereocenters. The van der Waals surface area contributed by atoms with Crippen LogP contribution in [0.15, 0.2) is 11.3 Å². The van der Waals surface area contributed by atoms with E-state index in [9.17, 15) is 9.59 Å². The summed E-state index contributed by atoms with van der Waals surface area (Å²) in [5.41, 5.74) is 5.38. The third-order valence-electron chi connectivity index (χ3n) is 2.01. The van der Waals surface area contributed by atoms with E-state index in [4.69, 9.17) is 15.9 Å². The first-order chi connectivity index (χ1) is 7.07. The lowest BCUT2D eigenvalue weighted by atomic mass is 10.0. The lowest BCUT2D eigenvalue weighted by Gasteiger charge is -2.17. The molecule has 0 spiro atoms. The van der Waals surface area contributed by atoms with Gasteiger partial charge in [0.15, 0.2) is 0 Å². The molecule has 4 N–H and O–H groups in total. The summed E-state index contributed by atoms with van der Waals surface area (Å²) >= 11 is 0. The van der Waals surface area contributed by atoms with Crippen LogP contribution in [0.2, 0.25) is 0 Å². The van der Waals surface area contributed by atoms with E-state index in [0.717, 1.165) is 0 Å². The first-order valence-electron chi connectivity index (χ1n) is 4.60. The van der Waals surface area contributed by atoms with Gasteiger partial charge in [-0.05, 0) is 13.3 Å². The molecule has 1 fully saturated rings. The average molecular weight is 211 g/mol. The van der Waals surface area contributed by atoms with Gasteiger partial charge in [-0.2, -0.15) is 0 Å². The lowest BCUT2D eigenvalue weighted by Crippen LogP contribution is -2.40. The van der Waals surface area contributed by atoms with Gasteiger partial charge < -0.3 is 15.8 Å². The number of hydrogen-bond acceptors (Lipinski definition) is 5. The number of nitrogens with two attached hydrogens (primary N) is 1. The first kappa shape index (κ1) is 11.2. The second-order valence-electron chi connectivity index (χ2n) is 2.99. The van der Waals surface area contributed by atoms with Crippen LogP contribution in [-0.2, 0) is 14.3 Å². The minimum absolute atomic E-state index is 0.142. The largest absolute Gasteiger partial charge is 0.461 e. The number of nitrogens with one attached hydrogen (secondary N) is 2. The van der Waals surface area contributed by atoms with Crippen LogP contribution in [0, 0.1) is 5.41 Å². The summed E-state index contributed by atoms with van der Waals surface area (Å²) in [4.78, 5) is 22.4. The highest BCUT2D eigenvalue weighted by Crippen LogP contribution is 2.11. The van der Waals surface area contributed by atoms with Crippen LogP contribution in [0.4, 0.5) is 0 Å². The summed E-state index contributed by atoms with van der Waals surface area (Å²) in [6.07, 6.45) is 0.384. The monoisotopic (exact) mass is 211 g/mol. The maximum atomic E-state index is 11.3. The van der Waals surface area contributed by atoms with Crippen molar-refractivity contribution in [3.05, 3.63) is 11.3 Å². The summed E-state index contributed by atoms with van der Waals surface area (Å²) in [5.74, 6) is -1.18. The predicted octanol–water partition coefficient (Wildman–Crippen LogP) is -0.698. The number of amides is 1. The van der Waals surface area contributed by atoms with Crippen molar-refractivity contribution in [2.45, 2.75) is 13.3 Å². The van der Waals surface area contributed by atoms with E-state index in [1.807, 2.05) is 0 Å². The molecular weight excluding hydrogens is 198 g/mol. The summed E-state index contributed by atoms with van der Waals surface area (Å²) in [6.45, 7) is 2.26. The van der Waals surface area contributed by atoms with Crippen molar-refractivity contribution < 1.29 is 14.3 Å². The van der Waals surface area contributed by atoms with E-state index < -0.39 is 11.9 Å². The van der Waals surface area contributed by atoms with Crippen LogP contribution >= 0.6 is 0 Å². The molecule has 0 aliphatic carbocycles. The van der Waals surface area contributed by atoms with Gasteiger partial charge in [0.25, 0.3) is 5.91 Å². The number of hydrogen-bond donors (Lipinski definition) is 3. The van der Waals surface area contributed by atoms with Gasteiger partial charge in [-0.3, -0.25) is 10.2 Å². The molecule has 1 aliphatic heterocycles. The second-order valence-corrected chi connectivity index (χ2v) is 2.99. The van der Waals surface area contributed by atoms with Crippen LogP contribution in [0.5, 0.6) is 0 Å². The van der Waals surface area contributed by atoms with Gasteiger partial charge in [-0.25, -0.2) is 4.79 Å². The molecule has 15 heavy (non-hydrogen) atoms. The number of rotatable bonds is 2. The molecule has 1 heterocycles. The molecule has 6 heteroatoms. The fourth-order valence-electron chi connectivity index (χ4n) is 1.25. The van der Waals surface area contributed by atoms with E-state index >= 15 is 0 Å². The third-order valence-corrected chi connectivity index (χ3v) is 2.01. The molecule has 0 aromatic carbocycles. The Bertz CT molecular complexity index is 347. The maximum Gasteiger partial charge on any atom is 0.354 e. The standard InChI is InChI=1S/C9H13N3O3/c1-2-15-9(14)7(11)5-3-4-12-8(13)6(5)10/h10H,2-4,11H2,1H3,(H,12,13). The molecule has 6 nitrogen and oxygen atoms in total. The van der Waals surface area contributed by atoms with Gasteiger partial charge in [-0.1, -0.05) is 0 Å². The Morgan fingerprint density at radius 1 is 1.67 bits per heavy atom. The number of carbonyl (C=O) groups excluding carboxylic acids is 2. The summed E-state index contributed by atoms with van der Waals surface area (Å²) in [5, 5.41) is 9.93. The molecule has 0 radical (unpaired) electrons. The quantitative estimate of drug-likeness (QED) is 0.415. The molecular formula is C9H13N3O3. The van der Waals surface area contributed by atoms with Crippen LogP contribution in [0.1, 0.15) is 13.3 Å². The molecule has 1 amide bonds. The second kappa shape index (κ2) is 4.59. The molecule has 0 bridgehead atoms. The molecule has 0 saturated carbocycles. The van der Waals surface area contributed by atoms with E-state index in [-0.39, 0.29) is 23.6 Å². The number of esters is 1. The van der Waals surface area contributed by atoms with E-state index in [1.54, 1.807) is 6.92 Å². The minimum Gasteiger partial charge on any atom is -0.461 e. The van der Waals surface area contributed by atoms with Crippen molar-refractivity contribution in [1.29, 1.82) is 5.41 Å². The van der Waals surface area contributed by atoms with Crippen molar-refractivity contribution in [2.75, 3.05) is 13.2 Å². The van der Waals surface area contributed by atoms with Gasteiger partial charge >= 0.3 is 5.97 Å². The Hall–Kier alpha value is -1.85. The van der Waals surface area contributed by atoms with Crippen molar-refractivity contribution in [3.63, 3.8) is 0 Å². The fourth-order valence-corrected chi connectivity index (χ4v) is 1.25. The summed E-state index contributed by atoms with van der Waals surface area (Å²) in [7, 11) is 0. The minimum atomic E-state index is -0.674. The fraction of sp³-hybridized carbons (Fsp3) is 0.444. The zero-order valence-corrected chi connectivity index (χ0v) is 8.42. The lowest BCUT2D eigenvalue weighted by molar-refractivity contribution is -0.138. The average Bonchev–Trinajstić information content (AvgIpc) is 2.21. The highest BCUT2D eigenvalue weighted by Gasteiger charge is 2.24. The SMILES string of the molecule is CCOC(=O)C(N)=C1CCNC(=O)C1=N. The first-order valence-corrected chi connectivity index (χ1v) is 4.60. The van der Waals surface area contributed by atoms with Crippen molar-refractivity contribution in [3.8, 4) is 0 Å². The van der Waals surface area contributed by atoms with Crippen LogP contribution in [0.3, 0.4) is 0 Å².